The van der Waals surface area contributed by atoms with Gasteiger partial charge in [-0.05, 0) is 44.5 Å². The Bertz CT molecular complexity index is 423. The third-order valence-corrected chi connectivity index (χ3v) is 3.39. The zero-order chi connectivity index (χ0) is 13.9. The van der Waals surface area contributed by atoms with Crippen LogP contribution in [0.3, 0.4) is 0 Å². The summed E-state index contributed by atoms with van der Waals surface area (Å²) in [7, 11) is 2.17. The number of nitrogens with zero attached hydrogens (tertiary/aromatic N) is 1. The van der Waals surface area contributed by atoms with Crippen LogP contribution < -0.4 is 5.32 Å². The van der Waals surface area contributed by atoms with Crippen LogP contribution in [0.1, 0.15) is 37.5 Å². The van der Waals surface area contributed by atoms with Crippen molar-refractivity contribution in [2.75, 3.05) is 20.1 Å². The van der Waals surface area contributed by atoms with Crippen LogP contribution in [-0.4, -0.2) is 30.6 Å². The summed E-state index contributed by atoms with van der Waals surface area (Å²) in [6, 6.07) is 6.72. The van der Waals surface area contributed by atoms with E-state index in [4.69, 9.17) is 4.74 Å². The molecule has 0 aliphatic carbocycles. The van der Waals surface area contributed by atoms with Crippen molar-refractivity contribution in [2.24, 2.45) is 0 Å². The van der Waals surface area contributed by atoms with Gasteiger partial charge in [-0.3, -0.25) is 0 Å². The maximum Gasteiger partial charge on any atom is 0.0725 e. The van der Waals surface area contributed by atoms with E-state index in [2.05, 4.69) is 56.2 Å². The average Bonchev–Trinajstić information content (AvgIpc) is 2.74. The second kappa shape index (κ2) is 6.04. The summed E-state index contributed by atoms with van der Waals surface area (Å²) in [5.41, 5.74) is 4.29. The van der Waals surface area contributed by atoms with Crippen molar-refractivity contribution >= 4 is 0 Å². The highest BCUT2D eigenvalue weighted by Crippen LogP contribution is 2.21. The van der Waals surface area contributed by atoms with Gasteiger partial charge in [-0.15, -0.1) is 0 Å². The van der Waals surface area contributed by atoms with Crippen LogP contribution in [0.5, 0.6) is 0 Å². The van der Waals surface area contributed by atoms with E-state index in [1.165, 1.54) is 16.7 Å². The fourth-order valence-corrected chi connectivity index (χ4v) is 2.34. The number of benzene rings is 1. The molecule has 3 nitrogen and oxygen atoms in total. The first-order chi connectivity index (χ1) is 8.94. The minimum atomic E-state index is 0.200. The first kappa shape index (κ1) is 14.5. The van der Waals surface area contributed by atoms with E-state index in [0.29, 0.717) is 0 Å². The molecule has 0 unspecified atom stereocenters. The second-order valence-electron chi connectivity index (χ2n) is 6.51. The fraction of sp³-hybridized carbons (Fsp3) is 0.625. The van der Waals surface area contributed by atoms with Gasteiger partial charge < -0.3 is 15.0 Å². The Balaban J connectivity index is 1.80. The van der Waals surface area contributed by atoms with E-state index in [0.717, 1.165) is 32.8 Å². The van der Waals surface area contributed by atoms with Crippen LogP contribution >= 0.6 is 0 Å². The first-order valence-corrected chi connectivity index (χ1v) is 7.06. The van der Waals surface area contributed by atoms with Crippen LogP contribution in [0, 0.1) is 0 Å². The molecule has 1 N–H and O–H groups in total. The first-order valence-electron chi connectivity index (χ1n) is 7.06. The molecule has 0 saturated carbocycles. The van der Waals surface area contributed by atoms with Crippen LogP contribution in [0.25, 0.3) is 0 Å². The molecule has 0 bridgehead atoms. The average molecular weight is 262 g/mol. The summed E-state index contributed by atoms with van der Waals surface area (Å²) in [5.74, 6) is 0. The molecule has 0 radical (unpaired) electrons. The largest absolute Gasteiger partial charge is 0.372 e. The van der Waals surface area contributed by atoms with Gasteiger partial charge in [0.1, 0.15) is 0 Å². The van der Waals surface area contributed by atoms with E-state index in [-0.39, 0.29) is 5.54 Å². The SMILES string of the molecule is CN(CCNC(C)(C)C)Cc1ccc2c(c1)COC2. The summed E-state index contributed by atoms with van der Waals surface area (Å²) in [6.07, 6.45) is 0. The van der Waals surface area contributed by atoms with E-state index in [1.807, 2.05) is 0 Å². The second-order valence-corrected chi connectivity index (χ2v) is 6.51. The third-order valence-electron chi connectivity index (χ3n) is 3.39. The Hall–Kier alpha value is -0.900. The third kappa shape index (κ3) is 4.60. The maximum absolute atomic E-state index is 5.45. The molecule has 0 aromatic heterocycles. The molecule has 106 valence electrons. The quantitative estimate of drug-likeness (QED) is 0.882. The van der Waals surface area contributed by atoms with E-state index in [1.54, 1.807) is 0 Å². The lowest BCUT2D eigenvalue weighted by Crippen LogP contribution is -2.40. The molecule has 1 heterocycles. The monoisotopic (exact) mass is 262 g/mol. The minimum absolute atomic E-state index is 0.200. The Morgan fingerprint density at radius 3 is 2.68 bits per heavy atom. The number of ether oxygens (including phenoxy) is 1. The van der Waals surface area contributed by atoms with Crippen molar-refractivity contribution in [2.45, 2.75) is 46.1 Å². The van der Waals surface area contributed by atoms with Crippen molar-refractivity contribution in [1.29, 1.82) is 0 Å². The van der Waals surface area contributed by atoms with Crippen LogP contribution in [-0.2, 0) is 24.5 Å². The zero-order valence-electron chi connectivity index (χ0n) is 12.6. The predicted octanol–water partition coefficient (Wildman–Crippen LogP) is 2.54. The van der Waals surface area contributed by atoms with Crippen molar-refractivity contribution in [3.05, 3.63) is 34.9 Å². The topological polar surface area (TPSA) is 24.5 Å². The summed E-state index contributed by atoms with van der Waals surface area (Å²) in [5, 5.41) is 3.52. The van der Waals surface area contributed by atoms with Gasteiger partial charge >= 0.3 is 0 Å². The molecular formula is C16H26N2O. The van der Waals surface area contributed by atoms with Crippen molar-refractivity contribution in [3.8, 4) is 0 Å². The highest BCUT2D eigenvalue weighted by atomic mass is 16.5. The molecule has 0 spiro atoms. The number of hydrogen-bond acceptors (Lipinski definition) is 3. The summed E-state index contributed by atoms with van der Waals surface area (Å²) < 4.78 is 5.45. The Kier molecular flexibility index (Phi) is 4.61. The molecule has 1 aromatic carbocycles. The van der Waals surface area contributed by atoms with Crippen molar-refractivity contribution in [3.63, 3.8) is 0 Å². The Labute approximate surface area is 116 Å². The molecule has 0 amide bonds. The van der Waals surface area contributed by atoms with Crippen molar-refractivity contribution in [1.82, 2.24) is 10.2 Å². The fourth-order valence-electron chi connectivity index (χ4n) is 2.34. The summed E-state index contributed by atoms with van der Waals surface area (Å²) in [6.45, 7) is 11.2. The smallest absolute Gasteiger partial charge is 0.0725 e. The van der Waals surface area contributed by atoms with Gasteiger partial charge in [0, 0.05) is 25.2 Å². The van der Waals surface area contributed by atoms with Gasteiger partial charge in [0.15, 0.2) is 0 Å². The van der Waals surface area contributed by atoms with Gasteiger partial charge in [-0.1, -0.05) is 18.2 Å². The van der Waals surface area contributed by atoms with Gasteiger partial charge in [-0.2, -0.15) is 0 Å². The standard InChI is InChI=1S/C16H26N2O/c1-16(2,3)17-7-8-18(4)10-13-5-6-14-11-19-12-15(14)9-13/h5-6,9,17H,7-8,10-12H2,1-4H3. The van der Waals surface area contributed by atoms with Crippen LogP contribution in [0.4, 0.5) is 0 Å². The molecule has 1 aliphatic heterocycles. The lowest BCUT2D eigenvalue weighted by atomic mass is 10.1. The Morgan fingerprint density at radius 1 is 1.21 bits per heavy atom. The minimum Gasteiger partial charge on any atom is -0.372 e. The molecular weight excluding hydrogens is 236 g/mol. The maximum atomic E-state index is 5.45. The molecule has 2 rings (SSSR count). The summed E-state index contributed by atoms with van der Waals surface area (Å²) in [4.78, 5) is 2.36. The van der Waals surface area contributed by atoms with Crippen LogP contribution in [0.15, 0.2) is 18.2 Å². The lowest BCUT2D eigenvalue weighted by Gasteiger charge is -2.23. The number of hydrogen-bond donors (Lipinski definition) is 1. The number of fused-ring (bicyclic) bond motifs is 1. The molecule has 0 saturated heterocycles. The molecule has 0 fully saturated rings. The normalized spacial score (nSPS) is 15.0. The molecule has 3 heteroatoms. The highest BCUT2D eigenvalue weighted by molar-refractivity contribution is 5.33. The van der Waals surface area contributed by atoms with Gasteiger partial charge in [0.05, 0.1) is 13.2 Å². The van der Waals surface area contributed by atoms with E-state index in [9.17, 15) is 0 Å². The van der Waals surface area contributed by atoms with Crippen LogP contribution in [0.2, 0.25) is 0 Å². The zero-order valence-corrected chi connectivity index (χ0v) is 12.6. The number of nitrogens with one attached hydrogen (secondary N) is 1. The highest BCUT2D eigenvalue weighted by Gasteiger charge is 2.12. The van der Waals surface area contributed by atoms with E-state index < -0.39 is 0 Å². The van der Waals surface area contributed by atoms with Gasteiger partial charge in [-0.25, -0.2) is 0 Å². The van der Waals surface area contributed by atoms with E-state index >= 15 is 0 Å². The van der Waals surface area contributed by atoms with Gasteiger partial charge in [0.2, 0.25) is 0 Å². The molecule has 1 aromatic rings. The molecule has 19 heavy (non-hydrogen) atoms. The van der Waals surface area contributed by atoms with Crippen molar-refractivity contribution < 1.29 is 4.74 Å². The number of likely N-dealkylation sites (N-methyl/N-ethyl adjacent to an activating group) is 1. The Morgan fingerprint density at radius 2 is 1.95 bits per heavy atom. The van der Waals surface area contributed by atoms with Gasteiger partial charge in [0.25, 0.3) is 0 Å². The molecule has 1 aliphatic rings. The predicted molar refractivity (Wildman–Crippen MR) is 79.0 cm³/mol. The number of rotatable bonds is 5. The molecule has 0 atom stereocenters. The summed E-state index contributed by atoms with van der Waals surface area (Å²) >= 11 is 0. The lowest BCUT2D eigenvalue weighted by molar-refractivity contribution is 0.134.